The van der Waals surface area contributed by atoms with Gasteiger partial charge in [0.15, 0.2) is 0 Å². The molecule has 10 heteroatoms. The van der Waals surface area contributed by atoms with Gasteiger partial charge in [0, 0.05) is 12.7 Å². The van der Waals surface area contributed by atoms with Gasteiger partial charge in [-0.15, -0.1) is 0 Å². The van der Waals surface area contributed by atoms with Gasteiger partial charge in [-0.05, 0) is 44.0 Å². The van der Waals surface area contributed by atoms with E-state index in [-0.39, 0.29) is 18.0 Å². The van der Waals surface area contributed by atoms with Gasteiger partial charge in [0.05, 0.1) is 12.1 Å². The largest absolute Gasteiger partial charge is 0.433 e. The number of piperidine rings is 1. The highest BCUT2D eigenvalue weighted by Gasteiger charge is 2.33. The molecule has 140 valence electrons. The zero-order chi connectivity index (χ0) is 18.7. The SMILES string of the molecule is O=C(NCC1CCN(CC(F)(F)F)CC1)c1ccc(C(F)(F)F)nc1. The van der Waals surface area contributed by atoms with Crippen molar-refractivity contribution in [1.82, 2.24) is 15.2 Å². The van der Waals surface area contributed by atoms with Crippen LogP contribution < -0.4 is 5.32 Å². The third kappa shape index (κ3) is 6.18. The number of aromatic nitrogens is 1. The fraction of sp³-hybridized carbons (Fsp3) is 0.600. The number of amides is 1. The van der Waals surface area contributed by atoms with Crippen LogP contribution in [-0.2, 0) is 6.18 Å². The summed E-state index contributed by atoms with van der Waals surface area (Å²) in [7, 11) is 0. The van der Waals surface area contributed by atoms with E-state index in [2.05, 4.69) is 10.3 Å². The van der Waals surface area contributed by atoms with E-state index >= 15 is 0 Å². The lowest BCUT2D eigenvalue weighted by molar-refractivity contribution is -0.148. The van der Waals surface area contributed by atoms with Crippen molar-refractivity contribution in [2.45, 2.75) is 25.2 Å². The van der Waals surface area contributed by atoms with Crippen LogP contribution in [0.5, 0.6) is 0 Å². The lowest BCUT2D eigenvalue weighted by Gasteiger charge is -2.32. The van der Waals surface area contributed by atoms with Crippen LogP contribution in [0.4, 0.5) is 26.3 Å². The number of carbonyl (C=O) groups is 1. The first kappa shape index (κ1) is 19.5. The topological polar surface area (TPSA) is 45.2 Å². The summed E-state index contributed by atoms with van der Waals surface area (Å²) in [6.07, 6.45) is -6.91. The van der Waals surface area contributed by atoms with Gasteiger partial charge in [-0.2, -0.15) is 26.3 Å². The molecule has 1 saturated heterocycles. The zero-order valence-corrected chi connectivity index (χ0v) is 13.1. The van der Waals surface area contributed by atoms with E-state index < -0.39 is 30.5 Å². The average Bonchev–Trinajstić information content (AvgIpc) is 2.52. The van der Waals surface area contributed by atoms with Crippen LogP contribution in [-0.4, -0.2) is 48.1 Å². The summed E-state index contributed by atoms with van der Waals surface area (Å²) >= 11 is 0. The van der Waals surface area contributed by atoms with Crippen molar-refractivity contribution in [2.24, 2.45) is 5.92 Å². The first-order valence-corrected chi connectivity index (χ1v) is 7.65. The molecule has 1 N–H and O–H groups in total. The maximum atomic E-state index is 12.4. The third-order valence-corrected chi connectivity index (χ3v) is 3.98. The molecule has 1 aromatic heterocycles. The smallest absolute Gasteiger partial charge is 0.352 e. The summed E-state index contributed by atoms with van der Waals surface area (Å²) < 4.78 is 74.1. The predicted molar refractivity (Wildman–Crippen MR) is 76.8 cm³/mol. The molecule has 1 aromatic rings. The summed E-state index contributed by atoms with van der Waals surface area (Å²) in [5, 5.41) is 2.59. The standard InChI is InChI=1S/C15H17F6N3O/c16-14(17,18)9-24-5-3-10(4-6-24)7-23-13(25)11-1-2-12(22-8-11)15(19,20)21/h1-2,8,10H,3-7,9H2,(H,23,25). The Labute approximate surface area is 140 Å². The van der Waals surface area contributed by atoms with Crippen LogP contribution in [0.25, 0.3) is 0 Å². The van der Waals surface area contributed by atoms with Gasteiger partial charge >= 0.3 is 12.4 Å². The molecule has 0 bridgehead atoms. The third-order valence-electron chi connectivity index (χ3n) is 3.98. The highest BCUT2D eigenvalue weighted by Crippen LogP contribution is 2.27. The summed E-state index contributed by atoms with van der Waals surface area (Å²) in [4.78, 5) is 16.4. The van der Waals surface area contributed by atoms with Gasteiger partial charge < -0.3 is 5.32 Å². The Morgan fingerprint density at radius 3 is 2.28 bits per heavy atom. The predicted octanol–water partition coefficient (Wildman–Crippen LogP) is 3.10. The molecule has 0 aliphatic carbocycles. The van der Waals surface area contributed by atoms with Crippen molar-refractivity contribution in [1.29, 1.82) is 0 Å². The first-order chi connectivity index (χ1) is 11.5. The number of carbonyl (C=O) groups excluding carboxylic acids is 1. The molecule has 0 atom stereocenters. The van der Waals surface area contributed by atoms with Crippen LogP contribution in [0, 0.1) is 5.92 Å². The highest BCUT2D eigenvalue weighted by atomic mass is 19.4. The fourth-order valence-corrected chi connectivity index (χ4v) is 2.64. The second-order valence-electron chi connectivity index (χ2n) is 5.97. The Morgan fingerprint density at radius 2 is 1.80 bits per heavy atom. The molecule has 1 amide bonds. The van der Waals surface area contributed by atoms with Crippen molar-refractivity contribution in [2.75, 3.05) is 26.2 Å². The van der Waals surface area contributed by atoms with Crippen LogP contribution in [0.3, 0.4) is 0 Å². The number of likely N-dealkylation sites (tertiary alicyclic amines) is 1. The van der Waals surface area contributed by atoms with Crippen molar-refractivity contribution < 1.29 is 31.1 Å². The number of rotatable bonds is 4. The molecule has 2 rings (SSSR count). The normalized spacial score (nSPS) is 17.5. The molecule has 1 fully saturated rings. The Kier molecular flexibility index (Phi) is 5.91. The Bertz CT molecular complexity index is 576. The number of hydrogen-bond donors (Lipinski definition) is 1. The summed E-state index contributed by atoms with van der Waals surface area (Å²) in [6, 6.07) is 1.77. The average molecular weight is 369 g/mol. The minimum absolute atomic E-state index is 0.00232. The monoisotopic (exact) mass is 369 g/mol. The van der Waals surface area contributed by atoms with Crippen LogP contribution in [0.2, 0.25) is 0 Å². The van der Waals surface area contributed by atoms with E-state index in [0.29, 0.717) is 25.9 Å². The Hall–Kier alpha value is -1.84. The van der Waals surface area contributed by atoms with Gasteiger partial charge in [0.25, 0.3) is 5.91 Å². The second-order valence-corrected chi connectivity index (χ2v) is 5.97. The molecule has 1 aliphatic rings. The van der Waals surface area contributed by atoms with Crippen LogP contribution in [0.1, 0.15) is 28.9 Å². The van der Waals surface area contributed by atoms with Crippen molar-refractivity contribution >= 4 is 5.91 Å². The van der Waals surface area contributed by atoms with Gasteiger partial charge in [-0.3, -0.25) is 14.7 Å². The van der Waals surface area contributed by atoms with Crippen LogP contribution >= 0.6 is 0 Å². The van der Waals surface area contributed by atoms with Gasteiger partial charge in [-0.1, -0.05) is 0 Å². The lowest BCUT2D eigenvalue weighted by atomic mass is 9.96. The molecule has 0 spiro atoms. The van der Waals surface area contributed by atoms with Crippen LogP contribution in [0.15, 0.2) is 18.3 Å². The summed E-state index contributed by atoms with van der Waals surface area (Å²) in [5.41, 5.74) is -1.08. The summed E-state index contributed by atoms with van der Waals surface area (Å²) in [6.45, 7) is -0.0905. The second kappa shape index (κ2) is 7.59. The van der Waals surface area contributed by atoms with Crippen molar-refractivity contribution in [3.63, 3.8) is 0 Å². The van der Waals surface area contributed by atoms with Gasteiger partial charge in [-0.25, -0.2) is 0 Å². The van der Waals surface area contributed by atoms with E-state index in [1.165, 1.54) is 4.90 Å². The molecule has 0 saturated carbocycles. The number of alkyl halides is 6. The zero-order valence-electron chi connectivity index (χ0n) is 13.1. The molecule has 0 aromatic carbocycles. The number of nitrogens with zero attached hydrogens (tertiary/aromatic N) is 2. The molecule has 4 nitrogen and oxygen atoms in total. The fourth-order valence-electron chi connectivity index (χ4n) is 2.64. The maximum Gasteiger partial charge on any atom is 0.433 e. The Morgan fingerprint density at radius 1 is 1.16 bits per heavy atom. The Balaban J connectivity index is 1.77. The van der Waals surface area contributed by atoms with E-state index in [0.717, 1.165) is 18.3 Å². The number of nitrogens with one attached hydrogen (secondary N) is 1. The number of pyridine rings is 1. The molecule has 2 heterocycles. The molecule has 25 heavy (non-hydrogen) atoms. The van der Waals surface area contributed by atoms with Gasteiger partial charge in [0.2, 0.25) is 0 Å². The molecule has 0 radical (unpaired) electrons. The van der Waals surface area contributed by atoms with E-state index in [1.54, 1.807) is 0 Å². The minimum Gasteiger partial charge on any atom is -0.352 e. The van der Waals surface area contributed by atoms with Crippen molar-refractivity contribution in [3.8, 4) is 0 Å². The number of halogens is 6. The number of hydrogen-bond acceptors (Lipinski definition) is 3. The summed E-state index contributed by atoms with van der Waals surface area (Å²) in [5.74, 6) is -0.519. The maximum absolute atomic E-state index is 12.4. The van der Waals surface area contributed by atoms with E-state index in [1.807, 2.05) is 0 Å². The molecule has 1 aliphatic heterocycles. The molecule has 0 unspecified atom stereocenters. The quantitative estimate of drug-likeness (QED) is 0.830. The van der Waals surface area contributed by atoms with Crippen molar-refractivity contribution in [3.05, 3.63) is 29.6 Å². The van der Waals surface area contributed by atoms with E-state index in [4.69, 9.17) is 0 Å². The molecular weight excluding hydrogens is 352 g/mol. The minimum atomic E-state index is -4.57. The molecular formula is C15H17F6N3O. The highest BCUT2D eigenvalue weighted by molar-refractivity contribution is 5.93. The van der Waals surface area contributed by atoms with E-state index in [9.17, 15) is 31.1 Å². The first-order valence-electron chi connectivity index (χ1n) is 7.65. The lowest BCUT2D eigenvalue weighted by Crippen LogP contribution is -2.42. The van der Waals surface area contributed by atoms with Gasteiger partial charge in [0.1, 0.15) is 5.69 Å².